The van der Waals surface area contributed by atoms with Crippen LogP contribution in [0.4, 0.5) is 5.00 Å². The Balaban J connectivity index is 2.60. The molecule has 0 saturated carbocycles. The molecule has 0 bridgehead atoms. The van der Waals surface area contributed by atoms with E-state index in [9.17, 15) is 0 Å². The SMILES string of the molecule is CC(C)=C(c1ccc(N)s1)c1cccnc1C. The first-order valence-corrected chi connectivity index (χ1v) is 6.36. The maximum Gasteiger partial charge on any atom is 0.0862 e. The van der Waals surface area contributed by atoms with Gasteiger partial charge in [0.25, 0.3) is 0 Å². The molecule has 2 rings (SSSR count). The monoisotopic (exact) mass is 244 g/mol. The number of rotatable bonds is 2. The molecule has 2 heterocycles. The van der Waals surface area contributed by atoms with Crippen LogP contribution in [0.2, 0.25) is 0 Å². The average Bonchev–Trinajstić information content (AvgIpc) is 2.68. The molecular weight excluding hydrogens is 228 g/mol. The Bertz CT molecular complexity index is 563. The Morgan fingerprint density at radius 1 is 1.24 bits per heavy atom. The van der Waals surface area contributed by atoms with Crippen LogP contribution >= 0.6 is 11.3 Å². The van der Waals surface area contributed by atoms with Crippen LogP contribution in [0.15, 0.2) is 36.0 Å². The second-order valence-corrected chi connectivity index (χ2v) is 5.33. The summed E-state index contributed by atoms with van der Waals surface area (Å²) in [7, 11) is 0. The van der Waals surface area contributed by atoms with Crippen LogP contribution in [-0.4, -0.2) is 4.98 Å². The van der Waals surface area contributed by atoms with E-state index in [-0.39, 0.29) is 0 Å². The van der Waals surface area contributed by atoms with Crippen molar-refractivity contribution in [1.29, 1.82) is 0 Å². The summed E-state index contributed by atoms with van der Waals surface area (Å²) in [6.45, 7) is 6.28. The molecule has 0 atom stereocenters. The van der Waals surface area contributed by atoms with Gasteiger partial charge in [-0.05, 0) is 44.5 Å². The number of anilines is 1. The van der Waals surface area contributed by atoms with Crippen molar-refractivity contribution in [2.24, 2.45) is 0 Å². The predicted octanol–water partition coefficient (Wildman–Crippen LogP) is 3.88. The van der Waals surface area contributed by atoms with Crippen LogP contribution in [0.3, 0.4) is 0 Å². The first-order valence-electron chi connectivity index (χ1n) is 5.54. The number of aryl methyl sites for hydroxylation is 1. The lowest BCUT2D eigenvalue weighted by atomic mass is 9.99. The normalized spacial score (nSPS) is 10.3. The molecule has 0 saturated heterocycles. The van der Waals surface area contributed by atoms with Crippen LogP contribution in [0, 0.1) is 6.92 Å². The summed E-state index contributed by atoms with van der Waals surface area (Å²) < 4.78 is 0. The molecule has 0 radical (unpaired) electrons. The van der Waals surface area contributed by atoms with Gasteiger partial charge in [0.05, 0.1) is 5.00 Å². The second-order valence-electron chi connectivity index (χ2n) is 4.21. The zero-order valence-electron chi connectivity index (χ0n) is 10.3. The summed E-state index contributed by atoms with van der Waals surface area (Å²) in [6.07, 6.45) is 1.82. The highest BCUT2D eigenvalue weighted by Gasteiger charge is 2.11. The molecule has 2 aromatic rings. The van der Waals surface area contributed by atoms with Gasteiger partial charge in [0, 0.05) is 22.3 Å². The van der Waals surface area contributed by atoms with Crippen molar-refractivity contribution in [3.63, 3.8) is 0 Å². The molecular formula is C14H16N2S. The molecule has 2 N–H and O–H groups in total. The largest absolute Gasteiger partial charge is 0.391 e. The van der Waals surface area contributed by atoms with E-state index >= 15 is 0 Å². The lowest BCUT2D eigenvalue weighted by molar-refractivity contribution is 1.18. The van der Waals surface area contributed by atoms with Gasteiger partial charge < -0.3 is 5.73 Å². The number of thiophene rings is 1. The molecule has 0 aliphatic carbocycles. The van der Waals surface area contributed by atoms with Crippen molar-refractivity contribution < 1.29 is 0 Å². The molecule has 0 aliphatic heterocycles. The first kappa shape index (κ1) is 11.9. The Morgan fingerprint density at radius 2 is 2.00 bits per heavy atom. The molecule has 0 aromatic carbocycles. The molecule has 17 heavy (non-hydrogen) atoms. The summed E-state index contributed by atoms with van der Waals surface area (Å²) in [5, 5.41) is 0.847. The summed E-state index contributed by atoms with van der Waals surface area (Å²) in [5.41, 5.74) is 10.6. The number of pyridine rings is 1. The Labute approximate surface area is 106 Å². The maximum atomic E-state index is 5.81. The maximum absolute atomic E-state index is 5.81. The number of nitrogens with zero attached hydrogens (tertiary/aromatic N) is 1. The van der Waals surface area contributed by atoms with Gasteiger partial charge in [0.15, 0.2) is 0 Å². The van der Waals surface area contributed by atoms with E-state index in [1.165, 1.54) is 21.6 Å². The van der Waals surface area contributed by atoms with Gasteiger partial charge in [-0.15, -0.1) is 11.3 Å². The lowest BCUT2D eigenvalue weighted by Gasteiger charge is -2.10. The molecule has 0 fully saturated rings. The van der Waals surface area contributed by atoms with E-state index in [1.54, 1.807) is 11.3 Å². The van der Waals surface area contributed by atoms with Crippen molar-refractivity contribution in [3.05, 3.63) is 52.2 Å². The summed E-state index contributed by atoms with van der Waals surface area (Å²) >= 11 is 1.62. The van der Waals surface area contributed by atoms with Gasteiger partial charge in [-0.1, -0.05) is 11.6 Å². The molecule has 2 nitrogen and oxygen atoms in total. The highest BCUT2D eigenvalue weighted by molar-refractivity contribution is 7.17. The minimum Gasteiger partial charge on any atom is -0.391 e. The third-order valence-corrected chi connectivity index (χ3v) is 3.58. The Hall–Kier alpha value is -1.61. The van der Waals surface area contributed by atoms with Gasteiger partial charge in [-0.25, -0.2) is 0 Å². The lowest BCUT2D eigenvalue weighted by Crippen LogP contribution is -1.93. The van der Waals surface area contributed by atoms with Gasteiger partial charge in [-0.3, -0.25) is 4.98 Å². The third kappa shape index (κ3) is 2.39. The summed E-state index contributed by atoms with van der Waals surface area (Å²) in [5.74, 6) is 0. The van der Waals surface area contributed by atoms with E-state index in [4.69, 9.17) is 5.73 Å². The minimum absolute atomic E-state index is 0.847. The number of nitrogens with two attached hydrogens (primary N) is 1. The highest BCUT2D eigenvalue weighted by Crippen LogP contribution is 2.33. The van der Waals surface area contributed by atoms with E-state index in [1.807, 2.05) is 25.3 Å². The van der Waals surface area contributed by atoms with Crippen LogP contribution in [-0.2, 0) is 0 Å². The van der Waals surface area contributed by atoms with Gasteiger partial charge in [0.1, 0.15) is 0 Å². The minimum atomic E-state index is 0.847. The zero-order valence-corrected chi connectivity index (χ0v) is 11.1. The quantitative estimate of drug-likeness (QED) is 0.870. The Morgan fingerprint density at radius 3 is 2.53 bits per heavy atom. The van der Waals surface area contributed by atoms with Crippen LogP contribution in [0.5, 0.6) is 0 Å². The van der Waals surface area contributed by atoms with Crippen LogP contribution < -0.4 is 5.73 Å². The molecule has 0 aliphatic rings. The molecule has 0 spiro atoms. The first-order chi connectivity index (χ1) is 8.09. The van der Waals surface area contributed by atoms with Crippen LogP contribution in [0.1, 0.15) is 30.0 Å². The van der Waals surface area contributed by atoms with Crippen LogP contribution in [0.25, 0.3) is 5.57 Å². The summed E-state index contributed by atoms with van der Waals surface area (Å²) in [6, 6.07) is 8.12. The number of nitrogen functional groups attached to an aromatic ring is 1. The molecule has 88 valence electrons. The number of hydrogen-bond donors (Lipinski definition) is 1. The number of aromatic nitrogens is 1. The molecule has 2 aromatic heterocycles. The fourth-order valence-corrected chi connectivity index (χ4v) is 2.83. The number of hydrogen-bond acceptors (Lipinski definition) is 3. The topological polar surface area (TPSA) is 38.9 Å². The van der Waals surface area contributed by atoms with Gasteiger partial charge >= 0.3 is 0 Å². The molecule has 3 heteroatoms. The van der Waals surface area contributed by atoms with Crippen molar-refractivity contribution in [1.82, 2.24) is 4.98 Å². The van der Waals surface area contributed by atoms with Crippen molar-refractivity contribution in [2.45, 2.75) is 20.8 Å². The standard InChI is InChI=1S/C14H16N2S/c1-9(2)14(12-6-7-13(15)17-12)11-5-4-8-16-10(11)3/h4-8H,15H2,1-3H3. The fraction of sp³-hybridized carbons (Fsp3) is 0.214. The zero-order chi connectivity index (χ0) is 12.4. The Kier molecular flexibility index (Phi) is 3.29. The fourth-order valence-electron chi connectivity index (χ4n) is 1.88. The number of allylic oxidation sites excluding steroid dienone is 1. The van der Waals surface area contributed by atoms with E-state index in [2.05, 4.69) is 31.0 Å². The van der Waals surface area contributed by atoms with Gasteiger partial charge in [-0.2, -0.15) is 0 Å². The highest BCUT2D eigenvalue weighted by atomic mass is 32.1. The van der Waals surface area contributed by atoms with Crippen molar-refractivity contribution >= 4 is 21.9 Å². The average molecular weight is 244 g/mol. The van der Waals surface area contributed by atoms with Crippen molar-refractivity contribution in [2.75, 3.05) is 5.73 Å². The summed E-state index contributed by atoms with van der Waals surface area (Å²) in [4.78, 5) is 5.56. The molecule has 0 unspecified atom stereocenters. The smallest absolute Gasteiger partial charge is 0.0862 e. The van der Waals surface area contributed by atoms with E-state index < -0.39 is 0 Å². The van der Waals surface area contributed by atoms with E-state index in [0.29, 0.717) is 0 Å². The molecule has 0 amide bonds. The van der Waals surface area contributed by atoms with Gasteiger partial charge in [0.2, 0.25) is 0 Å². The third-order valence-electron chi connectivity index (χ3n) is 2.65. The van der Waals surface area contributed by atoms with E-state index in [0.717, 1.165) is 10.7 Å². The van der Waals surface area contributed by atoms with Crippen molar-refractivity contribution in [3.8, 4) is 0 Å². The predicted molar refractivity (Wildman–Crippen MR) is 75.1 cm³/mol. The second kappa shape index (κ2) is 4.72.